The first-order chi connectivity index (χ1) is 17.3. The number of aliphatic imine (C=N–C) groups is 1. The van der Waals surface area contributed by atoms with E-state index in [1.54, 1.807) is 0 Å². The van der Waals surface area contributed by atoms with Crippen molar-refractivity contribution in [1.29, 1.82) is 5.26 Å². The fourth-order valence-electron chi connectivity index (χ4n) is 5.49. The molecule has 0 heterocycles. The number of benzene rings is 3. The summed E-state index contributed by atoms with van der Waals surface area (Å²) in [7, 11) is -1.90. The predicted octanol–water partition coefficient (Wildman–Crippen LogP) is 8.35. The molecule has 36 heavy (non-hydrogen) atoms. The zero-order chi connectivity index (χ0) is 26.1. The van der Waals surface area contributed by atoms with E-state index in [2.05, 4.69) is 71.9 Å². The molecule has 0 aliphatic rings. The molecule has 3 aromatic carbocycles. The molecule has 3 aromatic rings. The average molecular weight is 497 g/mol. The van der Waals surface area contributed by atoms with Crippen LogP contribution in [0.4, 0.5) is 0 Å². The number of nitrogens with zero attached hydrogens (tertiary/aromatic N) is 2. The summed E-state index contributed by atoms with van der Waals surface area (Å²) in [6.07, 6.45) is 0.573. The quantitative estimate of drug-likeness (QED) is 0.198. The second kappa shape index (κ2) is 12.8. The topological polar surface area (TPSA) is 45.4 Å². The Balaban J connectivity index is 1.77. The molecular formula is C32H40N2OSi. The van der Waals surface area contributed by atoms with Crippen molar-refractivity contribution in [2.75, 3.05) is 0 Å². The number of rotatable bonds is 11. The molecule has 0 amide bonds. The SMILES string of the molecule is CC(C)[Si](OCc1ccc(CC(C#N)N=C(c2ccccc2)c2ccccc2)cc1)(C(C)C)C(C)C. The standard InChI is InChI=1S/C32H40N2OSi/c1-24(2)36(25(3)4,26(5)6)35-23-28-19-17-27(18-20-28)21-31(22-33)34-32(29-13-9-7-10-14-29)30-15-11-8-12-16-30/h7-20,24-26,31H,21,23H2,1-6H3. The van der Waals surface area contributed by atoms with E-state index in [0.717, 1.165) is 22.4 Å². The summed E-state index contributed by atoms with van der Waals surface area (Å²) in [4.78, 5) is 4.92. The third-order valence-electron chi connectivity index (χ3n) is 7.18. The van der Waals surface area contributed by atoms with Gasteiger partial charge >= 0.3 is 0 Å². The van der Waals surface area contributed by atoms with Gasteiger partial charge in [-0.05, 0) is 27.8 Å². The van der Waals surface area contributed by atoms with Crippen molar-refractivity contribution in [2.24, 2.45) is 4.99 Å². The Bertz CT molecular complexity index is 1080. The maximum Gasteiger partial charge on any atom is 0.200 e. The Kier molecular flexibility index (Phi) is 9.81. The second-order valence-corrected chi connectivity index (χ2v) is 15.9. The molecule has 188 valence electrons. The normalized spacial score (nSPS) is 12.6. The monoisotopic (exact) mass is 496 g/mol. The van der Waals surface area contributed by atoms with Gasteiger partial charge in [0.2, 0.25) is 8.32 Å². The Labute approximate surface area is 219 Å². The molecule has 0 bridgehead atoms. The van der Waals surface area contributed by atoms with Crippen molar-refractivity contribution in [3.63, 3.8) is 0 Å². The molecule has 0 fully saturated rings. The zero-order valence-corrected chi connectivity index (χ0v) is 23.6. The molecule has 1 unspecified atom stereocenters. The fourth-order valence-corrected chi connectivity index (χ4v) is 10.9. The predicted molar refractivity (Wildman–Crippen MR) is 154 cm³/mol. The third kappa shape index (κ3) is 6.60. The van der Waals surface area contributed by atoms with Crippen LogP contribution in [0.25, 0.3) is 0 Å². The van der Waals surface area contributed by atoms with Gasteiger partial charge in [0.05, 0.1) is 18.4 Å². The average Bonchev–Trinajstić information content (AvgIpc) is 2.88. The molecular weight excluding hydrogens is 456 g/mol. The summed E-state index contributed by atoms with van der Waals surface area (Å²) < 4.78 is 6.76. The summed E-state index contributed by atoms with van der Waals surface area (Å²) in [5.74, 6) is 0. The van der Waals surface area contributed by atoms with Gasteiger partial charge in [0.15, 0.2) is 0 Å². The van der Waals surface area contributed by atoms with Gasteiger partial charge in [0, 0.05) is 17.5 Å². The van der Waals surface area contributed by atoms with Crippen LogP contribution in [0.2, 0.25) is 16.6 Å². The Morgan fingerprint density at radius 2 is 1.17 bits per heavy atom. The van der Waals surface area contributed by atoms with Crippen LogP contribution in [0, 0.1) is 11.3 Å². The summed E-state index contributed by atoms with van der Waals surface area (Å²) in [6, 6.07) is 30.7. The lowest BCUT2D eigenvalue weighted by atomic mass is 10.0. The molecule has 0 radical (unpaired) electrons. The summed E-state index contributed by atoms with van der Waals surface area (Å²) in [6.45, 7) is 14.5. The molecule has 3 nitrogen and oxygen atoms in total. The van der Waals surface area contributed by atoms with Crippen LogP contribution in [0.15, 0.2) is 89.9 Å². The van der Waals surface area contributed by atoms with E-state index in [-0.39, 0.29) is 0 Å². The molecule has 0 spiro atoms. The number of nitriles is 1. The first-order valence-corrected chi connectivity index (χ1v) is 15.2. The van der Waals surface area contributed by atoms with Gasteiger partial charge in [-0.2, -0.15) is 5.26 Å². The lowest BCUT2D eigenvalue weighted by molar-refractivity contribution is 0.266. The lowest BCUT2D eigenvalue weighted by Crippen LogP contribution is -2.47. The van der Waals surface area contributed by atoms with E-state index in [1.165, 1.54) is 5.56 Å². The minimum Gasteiger partial charge on any atom is -0.412 e. The Morgan fingerprint density at radius 3 is 1.58 bits per heavy atom. The van der Waals surface area contributed by atoms with Crippen molar-refractivity contribution in [1.82, 2.24) is 0 Å². The minimum atomic E-state index is -1.90. The lowest BCUT2D eigenvalue weighted by Gasteiger charge is -2.42. The molecule has 3 rings (SSSR count). The van der Waals surface area contributed by atoms with Crippen LogP contribution in [0.1, 0.15) is 63.8 Å². The van der Waals surface area contributed by atoms with Crippen LogP contribution in [-0.4, -0.2) is 20.1 Å². The first-order valence-electron chi connectivity index (χ1n) is 13.1. The van der Waals surface area contributed by atoms with E-state index >= 15 is 0 Å². The van der Waals surface area contributed by atoms with E-state index in [4.69, 9.17) is 9.42 Å². The highest BCUT2D eigenvalue weighted by Crippen LogP contribution is 2.42. The maximum atomic E-state index is 9.94. The van der Waals surface area contributed by atoms with Crippen molar-refractivity contribution in [2.45, 2.75) is 77.2 Å². The molecule has 0 aromatic heterocycles. The van der Waals surface area contributed by atoms with Crippen LogP contribution in [0.5, 0.6) is 0 Å². The Morgan fingerprint density at radius 1 is 0.722 bits per heavy atom. The maximum absolute atomic E-state index is 9.94. The highest BCUT2D eigenvalue weighted by Gasteiger charge is 2.44. The summed E-state index contributed by atoms with van der Waals surface area (Å²) in [5, 5.41) is 9.94. The van der Waals surface area contributed by atoms with Crippen molar-refractivity contribution in [3.8, 4) is 6.07 Å². The van der Waals surface area contributed by atoms with Gasteiger partial charge in [0.25, 0.3) is 0 Å². The Hall–Kier alpha value is -3.00. The van der Waals surface area contributed by atoms with E-state index in [1.807, 2.05) is 60.7 Å². The van der Waals surface area contributed by atoms with Crippen molar-refractivity contribution < 1.29 is 4.43 Å². The van der Waals surface area contributed by atoms with Gasteiger partial charge in [-0.3, -0.25) is 4.99 Å². The number of hydrogen-bond acceptors (Lipinski definition) is 3. The van der Waals surface area contributed by atoms with Gasteiger partial charge in [-0.25, -0.2) is 0 Å². The van der Waals surface area contributed by atoms with Gasteiger partial charge < -0.3 is 4.43 Å². The minimum absolute atomic E-state index is 0.467. The fraction of sp³-hybridized carbons (Fsp3) is 0.375. The summed E-state index contributed by atoms with van der Waals surface area (Å²) in [5.41, 5.74) is 6.87. The molecule has 0 saturated carbocycles. The third-order valence-corrected chi connectivity index (χ3v) is 13.2. The first kappa shape index (κ1) is 27.6. The smallest absolute Gasteiger partial charge is 0.200 e. The molecule has 0 aliphatic carbocycles. The molecule has 1 atom stereocenters. The largest absolute Gasteiger partial charge is 0.412 e. The van der Waals surface area contributed by atoms with E-state index in [9.17, 15) is 5.26 Å². The van der Waals surface area contributed by atoms with Crippen LogP contribution >= 0.6 is 0 Å². The molecule has 0 N–H and O–H groups in total. The van der Waals surface area contributed by atoms with Crippen molar-refractivity contribution in [3.05, 3.63) is 107 Å². The molecule has 0 saturated heterocycles. The second-order valence-electron chi connectivity index (χ2n) is 10.5. The van der Waals surface area contributed by atoms with Crippen LogP contribution in [-0.2, 0) is 17.5 Å². The van der Waals surface area contributed by atoms with Crippen LogP contribution < -0.4 is 0 Å². The van der Waals surface area contributed by atoms with E-state index in [0.29, 0.717) is 29.7 Å². The number of hydrogen-bond donors (Lipinski definition) is 0. The van der Waals surface area contributed by atoms with Gasteiger partial charge in [0.1, 0.15) is 6.04 Å². The zero-order valence-electron chi connectivity index (χ0n) is 22.6. The highest BCUT2D eigenvalue weighted by molar-refractivity contribution is 6.77. The molecule has 0 aliphatic heterocycles. The highest BCUT2D eigenvalue weighted by atomic mass is 28.4. The van der Waals surface area contributed by atoms with Gasteiger partial charge in [-0.1, -0.05) is 126 Å². The van der Waals surface area contributed by atoms with Crippen LogP contribution in [0.3, 0.4) is 0 Å². The molecule has 4 heteroatoms. The van der Waals surface area contributed by atoms with Gasteiger partial charge in [-0.15, -0.1) is 0 Å². The van der Waals surface area contributed by atoms with E-state index < -0.39 is 14.4 Å². The summed E-state index contributed by atoms with van der Waals surface area (Å²) >= 11 is 0. The van der Waals surface area contributed by atoms with Crippen molar-refractivity contribution >= 4 is 14.0 Å².